The lowest BCUT2D eigenvalue weighted by Gasteiger charge is -2.22. The Labute approximate surface area is 180 Å². The molecular weight excluding hydrogens is 400 g/mol. The number of carbonyl (C=O) groups is 1. The number of rotatable bonds is 12. The van der Waals surface area contributed by atoms with Gasteiger partial charge < -0.3 is 10.1 Å². The van der Waals surface area contributed by atoms with Crippen molar-refractivity contribution < 1.29 is 17.9 Å². The van der Waals surface area contributed by atoms with Gasteiger partial charge in [0.15, 0.2) is 0 Å². The van der Waals surface area contributed by atoms with Crippen molar-refractivity contribution in [2.24, 2.45) is 0 Å². The molecule has 6 nitrogen and oxygen atoms in total. The first kappa shape index (κ1) is 23.7. The molecule has 0 spiro atoms. The summed E-state index contributed by atoms with van der Waals surface area (Å²) < 4.78 is 31.2. The number of benzene rings is 2. The van der Waals surface area contributed by atoms with Gasteiger partial charge in [0.25, 0.3) is 0 Å². The van der Waals surface area contributed by atoms with E-state index in [1.807, 2.05) is 50.2 Å². The number of ether oxygens (including phenoxy) is 1. The molecule has 0 saturated heterocycles. The standard InChI is InChI=1S/C23H32N2O4S/c1-4-29-22-11-6-5-9-20(22)10-7-17-24-23(26)12-8-18-25(30(3,27)28)21-15-13-19(2)14-16-21/h5-6,9,11,13-16H,4,7-8,10,12,17-18H2,1-3H3,(H,24,26). The van der Waals surface area contributed by atoms with Gasteiger partial charge in [-0.25, -0.2) is 8.42 Å². The quantitative estimate of drug-likeness (QED) is 0.519. The molecule has 1 amide bonds. The van der Waals surface area contributed by atoms with E-state index in [0.29, 0.717) is 25.3 Å². The Bertz CT molecular complexity index is 911. The summed E-state index contributed by atoms with van der Waals surface area (Å²) in [6, 6.07) is 15.3. The summed E-state index contributed by atoms with van der Waals surface area (Å²) in [5, 5.41) is 2.92. The van der Waals surface area contributed by atoms with Gasteiger partial charge in [-0.15, -0.1) is 0 Å². The maximum Gasteiger partial charge on any atom is 0.232 e. The van der Waals surface area contributed by atoms with Crippen LogP contribution in [0.5, 0.6) is 5.75 Å². The molecule has 2 aromatic rings. The normalized spacial score (nSPS) is 11.2. The van der Waals surface area contributed by atoms with E-state index in [-0.39, 0.29) is 18.9 Å². The van der Waals surface area contributed by atoms with Crippen molar-refractivity contribution in [2.45, 2.75) is 39.5 Å². The fraction of sp³-hybridized carbons (Fsp3) is 0.435. The lowest BCUT2D eigenvalue weighted by Crippen LogP contribution is -2.32. The van der Waals surface area contributed by atoms with Crippen LogP contribution in [0.2, 0.25) is 0 Å². The van der Waals surface area contributed by atoms with Crippen molar-refractivity contribution in [1.29, 1.82) is 0 Å². The third-order valence-electron chi connectivity index (χ3n) is 4.70. The SMILES string of the molecule is CCOc1ccccc1CCCNC(=O)CCCN(c1ccc(C)cc1)S(C)(=O)=O. The average Bonchev–Trinajstić information content (AvgIpc) is 2.70. The van der Waals surface area contributed by atoms with Gasteiger partial charge in [0, 0.05) is 19.5 Å². The molecule has 0 radical (unpaired) electrons. The predicted molar refractivity (Wildman–Crippen MR) is 122 cm³/mol. The number of hydrogen-bond donors (Lipinski definition) is 1. The molecule has 2 rings (SSSR count). The first-order valence-electron chi connectivity index (χ1n) is 10.3. The number of hydrogen-bond acceptors (Lipinski definition) is 4. The van der Waals surface area contributed by atoms with Crippen molar-refractivity contribution in [2.75, 3.05) is 30.3 Å². The molecule has 0 aliphatic carbocycles. The number of aryl methyl sites for hydroxylation is 2. The highest BCUT2D eigenvalue weighted by Crippen LogP contribution is 2.20. The van der Waals surface area contributed by atoms with E-state index in [0.717, 1.165) is 29.7 Å². The molecule has 0 unspecified atom stereocenters. The molecule has 2 aromatic carbocycles. The number of anilines is 1. The number of sulfonamides is 1. The second-order valence-electron chi connectivity index (χ2n) is 7.27. The number of para-hydroxylation sites is 1. The minimum atomic E-state index is -3.40. The van der Waals surface area contributed by atoms with Crippen LogP contribution in [0, 0.1) is 6.92 Å². The molecule has 0 atom stereocenters. The molecule has 0 fully saturated rings. The van der Waals surface area contributed by atoms with Gasteiger partial charge in [-0.05, 0) is 56.9 Å². The summed E-state index contributed by atoms with van der Waals surface area (Å²) in [4.78, 5) is 12.1. The van der Waals surface area contributed by atoms with E-state index in [9.17, 15) is 13.2 Å². The van der Waals surface area contributed by atoms with Gasteiger partial charge in [0.1, 0.15) is 5.75 Å². The van der Waals surface area contributed by atoms with Gasteiger partial charge >= 0.3 is 0 Å². The molecule has 7 heteroatoms. The van der Waals surface area contributed by atoms with Crippen LogP contribution in [-0.4, -0.2) is 40.3 Å². The van der Waals surface area contributed by atoms with Gasteiger partial charge in [-0.2, -0.15) is 0 Å². The van der Waals surface area contributed by atoms with Crippen LogP contribution in [-0.2, 0) is 21.2 Å². The third kappa shape index (κ3) is 7.71. The second kappa shape index (κ2) is 11.6. The van der Waals surface area contributed by atoms with Crippen molar-refractivity contribution in [1.82, 2.24) is 5.32 Å². The maximum atomic E-state index is 12.1. The Hall–Kier alpha value is -2.54. The monoisotopic (exact) mass is 432 g/mol. The van der Waals surface area contributed by atoms with Gasteiger partial charge in [-0.3, -0.25) is 9.10 Å². The van der Waals surface area contributed by atoms with E-state index in [1.54, 1.807) is 12.1 Å². The number of nitrogens with zero attached hydrogens (tertiary/aromatic N) is 1. The van der Waals surface area contributed by atoms with Crippen LogP contribution in [0.15, 0.2) is 48.5 Å². The zero-order chi connectivity index (χ0) is 22.0. The summed E-state index contributed by atoms with van der Waals surface area (Å²) in [5.41, 5.74) is 2.82. The topological polar surface area (TPSA) is 75.7 Å². The molecule has 0 aliphatic rings. The zero-order valence-corrected chi connectivity index (χ0v) is 18.9. The lowest BCUT2D eigenvalue weighted by molar-refractivity contribution is -0.121. The molecule has 164 valence electrons. The molecular formula is C23H32N2O4S. The van der Waals surface area contributed by atoms with Crippen molar-refractivity contribution in [3.8, 4) is 5.75 Å². The molecule has 0 heterocycles. The fourth-order valence-electron chi connectivity index (χ4n) is 3.18. The van der Waals surface area contributed by atoms with Gasteiger partial charge in [-0.1, -0.05) is 35.9 Å². The molecule has 0 bridgehead atoms. The average molecular weight is 433 g/mol. The fourth-order valence-corrected chi connectivity index (χ4v) is 4.15. The Balaban J connectivity index is 1.75. The molecule has 1 N–H and O–H groups in total. The van der Waals surface area contributed by atoms with E-state index >= 15 is 0 Å². The van der Waals surface area contributed by atoms with Crippen LogP contribution in [0.25, 0.3) is 0 Å². The Morgan fingerprint density at radius 2 is 1.77 bits per heavy atom. The highest BCUT2D eigenvalue weighted by atomic mass is 32.2. The summed E-state index contributed by atoms with van der Waals surface area (Å²) >= 11 is 0. The van der Waals surface area contributed by atoms with Crippen LogP contribution in [0.1, 0.15) is 37.3 Å². The van der Waals surface area contributed by atoms with Crippen LogP contribution < -0.4 is 14.4 Å². The maximum absolute atomic E-state index is 12.1. The first-order valence-corrected chi connectivity index (χ1v) is 12.2. The Morgan fingerprint density at radius 3 is 2.43 bits per heavy atom. The van der Waals surface area contributed by atoms with Crippen LogP contribution in [0.3, 0.4) is 0 Å². The Kier molecular flexibility index (Phi) is 9.17. The van der Waals surface area contributed by atoms with Crippen molar-refractivity contribution in [3.63, 3.8) is 0 Å². The molecule has 30 heavy (non-hydrogen) atoms. The second-order valence-corrected chi connectivity index (χ2v) is 9.18. The number of nitrogens with one attached hydrogen (secondary N) is 1. The largest absolute Gasteiger partial charge is 0.494 e. The lowest BCUT2D eigenvalue weighted by atomic mass is 10.1. The number of carbonyl (C=O) groups excluding carboxylic acids is 1. The first-order chi connectivity index (χ1) is 14.3. The highest BCUT2D eigenvalue weighted by Gasteiger charge is 2.17. The third-order valence-corrected chi connectivity index (χ3v) is 5.90. The summed E-state index contributed by atoms with van der Waals surface area (Å²) in [6.07, 6.45) is 3.57. The highest BCUT2D eigenvalue weighted by molar-refractivity contribution is 7.92. The van der Waals surface area contributed by atoms with Gasteiger partial charge in [0.2, 0.25) is 15.9 Å². The minimum absolute atomic E-state index is 0.0644. The number of amides is 1. The van der Waals surface area contributed by atoms with E-state index in [2.05, 4.69) is 5.32 Å². The van der Waals surface area contributed by atoms with Gasteiger partial charge in [0.05, 0.1) is 18.6 Å². The summed E-state index contributed by atoms with van der Waals surface area (Å²) in [7, 11) is -3.40. The Morgan fingerprint density at radius 1 is 1.07 bits per heavy atom. The van der Waals surface area contributed by atoms with Crippen LogP contribution >= 0.6 is 0 Å². The summed E-state index contributed by atoms with van der Waals surface area (Å²) in [6.45, 7) is 5.39. The smallest absolute Gasteiger partial charge is 0.232 e. The van der Waals surface area contributed by atoms with E-state index in [4.69, 9.17) is 4.74 Å². The van der Waals surface area contributed by atoms with E-state index < -0.39 is 10.0 Å². The summed E-state index contributed by atoms with van der Waals surface area (Å²) in [5.74, 6) is 0.828. The predicted octanol–water partition coefficient (Wildman–Crippen LogP) is 3.69. The molecule has 0 saturated carbocycles. The minimum Gasteiger partial charge on any atom is -0.494 e. The molecule has 0 aliphatic heterocycles. The zero-order valence-electron chi connectivity index (χ0n) is 18.1. The molecule has 0 aromatic heterocycles. The van der Waals surface area contributed by atoms with Crippen LogP contribution in [0.4, 0.5) is 5.69 Å². The van der Waals surface area contributed by atoms with Crippen molar-refractivity contribution >= 4 is 21.6 Å². The van der Waals surface area contributed by atoms with Crippen molar-refractivity contribution in [3.05, 3.63) is 59.7 Å². The van der Waals surface area contributed by atoms with E-state index in [1.165, 1.54) is 10.6 Å².